The lowest BCUT2D eigenvalue weighted by Gasteiger charge is -2.40. The molecule has 0 radical (unpaired) electrons. The normalized spacial score (nSPS) is 29.5. The number of hydrogen-bond donors (Lipinski definition) is 10. The number of hydrogen-bond acceptors (Lipinski definition) is 14. The van der Waals surface area contributed by atoms with Crippen molar-refractivity contribution in [2.75, 3.05) is 36.1 Å². The van der Waals surface area contributed by atoms with Crippen molar-refractivity contribution < 1.29 is 55.1 Å². The first-order valence-electron chi connectivity index (χ1n) is 13.7. The van der Waals surface area contributed by atoms with E-state index in [1.165, 1.54) is 12.2 Å². The van der Waals surface area contributed by atoms with Crippen LogP contribution >= 0.6 is 21.6 Å². The average molecular weight is 623 g/mol. The van der Waals surface area contributed by atoms with Crippen molar-refractivity contribution in [3.63, 3.8) is 0 Å². The minimum atomic E-state index is -1.85. The van der Waals surface area contributed by atoms with Gasteiger partial charge in [-0.25, -0.2) is 0 Å². The van der Waals surface area contributed by atoms with Gasteiger partial charge in [0.1, 0.15) is 42.7 Å². The molecule has 0 aromatic heterocycles. The third-order valence-corrected chi connectivity index (χ3v) is 9.99. The van der Waals surface area contributed by atoms with Crippen LogP contribution in [0.5, 0.6) is 0 Å². The molecule has 10 unspecified atom stereocenters. The van der Waals surface area contributed by atoms with Gasteiger partial charge in [0.15, 0.2) is 6.29 Å². The number of rotatable bonds is 16. The van der Waals surface area contributed by atoms with Gasteiger partial charge in [-0.15, -0.1) is 0 Å². The Balaban J connectivity index is 1.38. The van der Waals surface area contributed by atoms with Crippen molar-refractivity contribution in [1.29, 1.82) is 0 Å². The van der Waals surface area contributed by atoms with Crippen LogP contribution in [-0.2, 0) is 14.3 Å². The van der Waals surface area contributed by atoms with E-state index >= 15 is 0 Å². The number of carbonyl (C=O) groups is 1. The van der Waals surface area contributed by atoms with E-state index < -0.39 is 68.3 Å². The fourth-order valence-electron chi connectivity index (χ4n) is 4.45. The quantitative estimate of drug-likeness (QED) is 0.0790. The standard InChI is InChI=1S/C26H42N2O11S2/c29-12-19-23(35)24(36)25(37)26(39-19)38-13-18(31)22(34)21(33)17(30)11-27-14-4-3-5-15(10-14)28-20(32)7-2-1-6-16-8-9-40-41-16/h3-5,10,16-19,21-27,29-31,33-37H,1-2,6-9,11-13H2,(H,28,32). The maximum atomic E-state index is 12.3. The Morgan fingerprint density at radius 3 is 2.46 bits per heavy atom. The summed E-state index contributed by atoms with van der Waals surface area (Å²) >= 11 is 0. The number of ether oxygens (including phenoxy) is 2. The number of amides is 1. The number of benzene rings is 1. The molecular formula is C26H42N2O11S2. The summed E-state index contributed by atoms with van der Waals surface area (Å²) in [6.45, 7) is -1.53. The van der Waals surface area contributed by atoms with Crippen LogP contribution in [0.4, 0.5) is 11.4 Å². The molecule has 0 aliphatic carbocycles. The first-order valence-corrected chi connectivity index (χ1v) is 16.0. The molecule has 2 aliphatic heterocycles. The van der Waals surface area contributed by atoms with E-state index in [-0.39, 0.29) is 12.5 Å². The molecule has 41 heavy (non-hydrogen) atoms. The van der Waals surface area contributed by atoms with Crippen molar-refractivity contribution in [2.45, 2.75) is 92.5 Å². The van der Waals surface area contributed by atoms with Gasteiger partial charge < -0.3 is 61.0 Å². The SMILES string of the molecule is O=C(CCCCC1CCSS1)Nc1cccc(NCC(O)C(O)C(O)C(O)COC2OC(CO)C(O)C(O)C2O)c1. The summed E-state index contributed by atoms with van der Waals surface area (Å²) in [5, 5.41) is 86.5. The molecule has 15 heteroatoms. The zero-order valence-corrected chi connectivity index (χ0v) is 24.2. The number of anilines is 2. The molecule has 10 atom stereocenters. The second-order valence-corrected chi connectivity index (χ2v) is 13.0. The highest BCUT2D eigenvalue weighted by Crippen LogP contribution is 2.39. The van der Waals surface area contributed by atoms with Gasteiger partial charge in [-0.1, -0.05) is 34.1 Å². The van der Waals surface area contributed by atoms with Crippen LogP contribution < -0.4 is 10.6 Å². The summed E-state index contributed by atoms with van der Waals surface area (Å²) in [5.41, 5.74) is 1.12. The van der Waals surface area contributed by atoms with Crippen LogP contribution in [0.15, 0.2) is 24.3 Å². The third-order valence-electron chi connectivity index (χ3n) is 6.99. The highest BCUT2D eigenvalue weighted by Gasteiger charge is 2.44. The zero-order valence-electron chi connectivity index (χ0n) is 22.6. The minimum absolute atomic E-state index is 0.0888. The van der Waals surface area contributed by atoms with Crippen LogP contribution in [0.3, 0.4) is 0 Å². The number of nitrogens with one attached hydrogen (secondary N) is 2. The van der Waals surface area contributed by atoms with E-state index in [4.69, 9.17) is 9.47 Å². The molecule has 0 bridgehead atoms. The van der Waals surface area contributed by atoms with E-state index in [9.17, 15) is 45.6 Å². The predicted octanol–water partition coefficient (Wildman–Crippen LogP) is -0.989. The molecule has 2 aliphatic rings. The van der Waals surface area contributed by atoms with Crippen molar-refractivity contribution in [2.24, 2.45) is 0 Å². The molecule has 1 amide bonds. The van der Waals surface area contributed by atoms with Gasteiger partial charge in [0, 0.05) is 35.3 Å². The largest absolute Gasteiger partial charge is 0.394 e. The van der Waals surface area contributed by atoms with Gasteiger partial charge in [-0.3, -0.25) is 4.79 Å². The maximum absolute atomic E-state index is 12.3. The fraction of sp³-hybridized carbons (Fsp3) is 0.731. The van der Waals surface area contributed by atoms with Gasteiger partial charge in [0.2, 0.25) is 5.91 Å². The smallest absolute Gasteiger partial charge is 0.224 e. The summed E-state index contributed by atoms with van der Waals surface area (Å²) in [7, 11) is 3.84. The second-order valence-electron chi connectivity index (χ2n) is 10.2. The van der Waals surface area contributed by atoms with E-state index in [0.717, 1.165) is 19.3 Å². The van der Waals surface area contributed by atoms with Crippen LogP contribution in [0.1, 0.15) is 32.1 Å². The van der Waals surface area contributed by atoms with E-state index in [1.54, 1.807) is 24.3 Å². The number of aliphatic hydroxyl groups excluding tert-OH is 8. The van der Waals surface area contributed by atoms with Gasteiger partial charge in [0.25, 0.3) is 0 Å². The topological polar surface area (TPSA) is 221 Å². The van der Waals surface area contributed by atoms with Crippen molar-refractivity contribution >= 4 is 38.9 Å². The van der Waals surface area contributed by atoms with E-state index in [2.05, 4.69) is 10.6 Å². The first-order chi connectivity index (χ1) is 19.6. The minimum Gasteiger partial charge on any atom is -0.394 e. The van der Waals surface area contributed by atoms with Crippen LogP contribution in [0.2, 0.25) is 0 Å². The Morgan fingerprint density at radius 1 is 1.02 bits per heavy atom. The summed E-state index contributed by atoms with van der Waals surface area (Å²) in [5.74, 6) is 1.11. The molecular weight excluding hydrogens is 580 g/mol. The van der Waals surface area contributed by atoms with Crippen molar-refractivity contribution in [3.8, 4) is 0 Å². The highest BCUT2D eigenvalue weighted by molar-refractivity contribution is 8.77. The van der Waals surface area contributed by atoms with Crippen molar-refractivity contribution in [1.82, 2.24) is 0 Å². The summed E-state index contributed by atoms with van der Waals surface area (Å²) in [6.07, 6.45) is -9.98. The van der Waals surface area contributed by atoms with Gasteiger partial charge in [-0.05, 0) is 37.5 Å². The van der Waals surface area contributed by atoms with Crippen LogP contribution in [-0.4, -0.2) is 133 Å². The van der Waals surface area contributed by atoms with Gasteiger partial charge in [0.05, 0.1) is 19.3 Å². The molecule has 2 saturated heterocycles. The molecule has 10 N–H and O–H groups in total. The van der Waals surface area contributed by atoms with E-state index in [1.807, 2.05) is 21.6 Å². The lowest BCUT2D eigenvalue weighted by Crippen LogP contribution is -2.59. The predicted molar refractivity (Wildman–Crippen MR) is 154 cm³/mol. The molecule has 0 saturated carbocycles. The molecule has 1 aromatic carbocycles. The third kappa shape index (κ3) is 10.5. The van der Waals surface area contributed by atoms with Crippen LogP contribution in [0.25, 0.3) is 0 Å². The van der Waals surface area contributed by atoms with E-state index in [0.29, 0.717) is 23.0 Å². The number of aliphatic hydroxyl groups is 8. The lowest BCUT2D eigenvalue weighted by atomic mass is 9.99. The first kappa shape index (κ1) is 34.3. The summed E-state index contributed by atoms with van der Waals surface area (Å²) in [4.78, 5) is 12.3. The second kappa shape index (κ2) is 17.2. The molecule has 13 nitrogen and oxygen atoms in total. The maximum Gasteiger partial charge on any atom is 0.224 e. The molecule has 234 valence electrons. The zero-order chi connectivity index (χ0) is 29.9. The van der Waals surface area contributed by atoms with Gasteiger partial charge in [-0.2, -0.15) is 0 Å². The lowest BCUT2D eigenvalue weighted by molar-refractivity contribution is -0.306. The highest BCUT2D eigenvalue weighted by atomic mass is 33.1. The van der Waals surface area contributed by atoms with Gasteiger partial charge >= 0.3 is 0 Å². The summed E-state index contributed by atoms with van der Waals surface area (Å²) < 4.78 is 10.3. The average Bonchev–Trinajstić information content (AvgIpc) is 3.49. The van der Waals surface area contributed by atoms with Crippen LogP contribution in [0, 0.1) is 0 Å². The Bertz CT molecular complexity index is 927. The Morgan fingerprint density at radius 2 is 1.76 bits per heavy atom. The fourth-order valence-corrected chi connectivity index (χ4v) is 7.48. The molecule has 2 fully saturated rings. The summed E-state index contributed by atoms with van der Waals surface area (Å²) in [6, 6.07) is 6.82. The number of carbonyl (C=O) groups excluding carboxylic acids is 1. The molecule has 2 heterocycles. The molecule has 1 aromatic rings. The molecule has 0 spiro atoms. The Hall–Kier alpha value is -1.21. The number of unbranched alkanes of at least 4 members (excludes halogenated alkanes) is 1. The Kier molecular flexibility index (Phi) is 14.4. The monoisotopic (exact) mass is 622 g/mol. The van der Waals surface area contributed by atoms with Crippen molar-refractivity contribution in [3.05, 3.63) is 24.3 Å². The Labute approximate surface area is 246 Å². The molecule has 3 rings (SSSR count).